The Morgan fingerprint density at radius 1 is 1.18 bits per heavy atom. The van der Waals surface area contributed by atoms with E-state index in [1.54, 1.807) is 0 Å². The molecule has 0 aromatic heterocycles. The van der Waals surface area contributed by atoms with Gasteiger partial charge < -0.3 is 5.32 Å². The highest BCUT2D eigenvalue weighted by Gasteiger charge is 2.27. The molecule has 1 unspecified atom stereocenters. The fraction of sp³-hybridized carbons (Fsp3) is 0.875. The van der Waals surface area contributed by atoms with Crippen LogP contribution >= 0.6 is 0 Å². The molecule has 0 saturated heterocycles. The minimum atomic E-state index is 0.657. The lowest BCUT2D eigenvalue weighted by Gasteiger charge is -2.35. The van der Waals surface area contributed by atoms with E-state index in [1.165, 1.54) is 25.7 Å². The fourth-order valence-corrected chi connectivity index (χ4v) is 3.22. The van der Waals surface area contributed by atoms with Gasteiger partial charge >= 0.3 is 0 Å². The van der Waals surface area contributed by atoms with Gasteiger partial charge in [0.25, 0.3) is 0 Å². The van der Waals surface area contributed by atoms with Crippen molar-refractivity contribution in [2.24, 2.45) is 17.8 Å². The maximum Gasteiger partial charge on any atom is 0.0104 e. The highest BCUT2D eigenvalue weighted by Crippen LogP contribution is 2.35. The molecule has 0 aromatic carbocycles. The average molecular weight is 235 g/mol. The quantitative estimate of drug-likeness (QED) is 0.690. The van der Waals surface area contributed by atoms with Crippen LogP contribution in [0.1, 0.15) is 59.3 Å². The maximum absolute atomic E-state index is 5.39. The third-order valence-electron chi connectivity index (χ3n) is 4.39. The Hall–Kier alpha value is -0.480. The number of hydrogen-bond donors (Lipinski definition) is 1. The van der Waals surface area contributed by atoms with Gasteiger partial charge in [0.2, 0.25) is 0 Å². The summed E-state index contributed by atoms with van der Waals surface area (Å²) in [5, 5.41) is 3.64. The summed E-state index contributed by atoms with van der Waals surface area (Å²) in [6.07, 6.45) is 13.1. The first-order chi connectivity index (χ1) is 8.19. The second-order valence-electron chi connectivity index (χ2n) is 5.83. The largest absolute Gasteiger partial charge is 0.314 e. The summed E-state index contributed by atoms with van der Waals surface area (Å²) in [6.45, 7) is 8.00. The molecule has 1 N–H and O–H groups in total. The Balaban J connectivity index is 2.40. The minimum Gasteiger partial charge on any atom is -0.314 e. The van der Waals surface area contributed by atoms with Gasteiger partial charge in [-0.3, -0.25) is 0 Å². The van der Waals surface area contributed by atoms with Crippen LogP contribution in [-0.4, -0.2) is 12.6 Å². The number of terminal acetylenes is 1. The van der Waals surface area contributed by atoms with E-state index in [-0.39, 0.29) is 0 Å². The molecule has 1 rings (SSSR count). The minimum absolute atomic E-state index is 0.657. The summed E-state index contributed by atoms with van der Waals surface area (Å²) in [4.78, 5) is 0. The van der Waals surface area contributed by atoms with Gasteiger partial charge in [0.05, 0.1) is 0 Å². The first-order valence-electron chi connectivity index (χ1n) is 7.35. The van der Waals surface area contributed by atoms with Gasteiger partial charge in [0.1, 0.15) is 0 Å². The van der Waals surface area contributed by atoms with Crippen molar-refractivity contribution in [1.82, 2.24) is 5.32 Å². The average Bonchev–Trinajstić information content (AvgIpc) is 2.34. The van der Waals surface area contributed by atoms with Crippen LogP contribution in [-0.2, 0) is 0 Å². The third kappa shape index (κ3) is 4.72. The van der Waals surface area contributed by atoms with E-state index in [0.717, 1.165) is 37.1 Å². The number of rotatable bonds is 6. The Labute approximate surface area is 108 Å². The highest BCUT2D eigenvalue weighted by atomic mass is 14.9. The Morgan fingerprint density at radius 3 is 2.24 bits per heavy atom. The van der Waals surface area contributed by atoms with E-state index in [9.17, 15) is 0 Å². The van der Waals surface area contributed by atoms with Gasteiger partial charge in [0.15, 0.2) is 0 Å². The van der Waals surface area contributed by atoms with Gasteiger partial charge in [-0.2, -0.15) is 0 Å². The molecule has 1 heteroatoms. The first-order valence-corrected chi connectivity index (χ1v) is 7.35. The molecule has 1 fully saturated rings. The van der Waals surface area contributed by atoms with Crippen molar-refractivity contribution < 1.29 is 0 Å². The van der Waals surface area contributed by atoms with Crippen LogP contribution in [0, 0.1) is 30.1 Å². The lowest BCUT2D eigenvalue weighted by atomic mass is 9.74. The van der Waals surface area contributed by atoms with Crippen LogP contribution in [0.4, 0.5) is 0 Å². The summed E-state index contributed by atoms with van der Waals surface area (Å²) >= 11 is 0. The molecule has 0 heterocycles. The van der Waals surface area contributed by atoms with Crippen molar-refractivity contribution in [3.63, 3.8) is 0 Å². The molecule has 1 nitrogen and oxygen atoms in total. The van der Waals surface area contributed by atoms with Gasteiger partial charge in [-0.1, -0.05) is 20.8 Å². The van der Waals surface area contributed by atoms with Gasteiger partial charge in [-0.15, -0.1) is 12.3 Å². The van der Waals surface area contributed by atoms with Crippen molar-refractivity contribution in [2.45, 2.75) is 65.3 Å². The van der Waals surface area contributed by atoms with Crippen molar-refractivity contribution in [2.75, 3.05) is 6.54 Å². The molecule has 0 spiro atoms. The monoisotopic (exact) mass is 235 g/mol. The summed E-state index contributed by atoms with van der Waals surface area (Å²) in [7, 11) is 0. The van der Waals surface area contributed by atoms with E-state index >= 15 is 0 Å². The van der Waals surface area contributed by atoms with E-state index in [4.69, 9.17) is 6.42 Å². The molecular weight excluding hydrogens is 206 g/mol. The second-order valence-corrected chi connectivity index (χ2v) is 5.83. The Kier molecular flexibility index (Phi) is 6.66. The summed E-state index contributed by atoms with van der Waals surface area (Å²) < 4.78 is 0. The van der Waals surface area contributed by atoms with Gasteiger partial charge in [-0.25, -0.2) is 0 Å². The summed E-state index contributed by atoms with van der Waals surface area (Å²) in [5.41, 5.74) is 0. The second kappa shape index (κ2) is 7.77. The lowest BCUT2D eigenvalue weighted by molar-refractivity contribution is 0.185. The van der Waals surface area contributed by atoms with E-state index < -0.39 is 0 Å². The maximum atomic E-state index is 5.39. The normalized spacial score (nSPS) is 26.8. The van der Waals surface area contributed by atoms with E-state index in [1.807, 2.05) is 0 Å². The number of hydrogen-bond acceptors (Lipinski definition) is 1. The van der Waals surface area contributed by atoms with E-state index in [2.05, 4.69) is 32.0 Å². The molecule has 0 radical (unpaired) electrons. The summed E-state index contributed by atoms with van der Waals surface area (Å²) in [5.74, 6) is 5.46. The van der Waals surface area contributed by atoms with E-state index in [0.29, 0.717) is 6.04 Å². The zero-order valence-electron chi connectivity index (χ0n) is 11.8. The first kappa shape index (κ1) is 14.6. The summed E-state index contributed by atoms with van der Waals surface area (Å²) in [6, 6.07) is 0.657. The fourth-order valence-electron chi connectivity index (χ4n) is 3.22. The predicted molar refractivity (Wildman–Crippen MR) is 75.8 cm³/mol. The van der Waals surface area contributed by atoms with Gasteiger partial charge in [-0.05, 0) is 56.4 Å². The zero-order chi connectivity index (χ0) is 12.7. The predicted octanol–water partition coefficient (Wildman–Crippen LogP) is 3.84. The molecular formula is C16H29N. The number of nitrogens with one attached hydrogen (secondary N) is 1. The molecule has 1 aliphatic carbocycles. The van der Waals surface area contributed by atoms with Gasteiger partial charge in [0, 0.05) is 12.5 Å². The molecule has 0 aromatic rings. The highest BCUT2D eigenvalue weighted by molar-refractivity contribution is 4.89. The molecule has 1 aliphatic rings. The topological polar surface area (TPSA) is 12.0 Å². The van der Waals surface area contributed by atoms with Crippen LogP contribution in [0.3, 0.4) is 0 Å². The van der Waals surface area contributed by atoms with Crippen LogP contribution < -0.4 is 5.32 Å². The smallest absolute Gasteiger partial charge is 0.0104 e. The van der Waals surface area contributed by atoms with Crippen molar-refractivity contribution in [3.05, 3.63) is 0 Å². The molecule has 1 saturated carbocycles. The van der Waals surface area contributed by atoms with Crippen LogP contribution in [0.2, 0.25) is 0 Å². The van der Waals surface area contributed by atoms with Crippen LogP contribution in [0.5, 0.6) is 0 Å². The molecule has 17 heavy (non-hydrogen) atoms. The Morgan fingerprint density at radius 2 is 1.76 bits per heavy atom. The molecule has 0 aliphatic heterocycles. The van der Waals surface area contributed by atoms with Crippen molar-refractivity contribution in [3.8, 4) is 12.3 Å². The Bertz CT molecular complexity index is 230. The van der Waals surface area contributed by atoms with Crippen molar-refractivity contribution >= 4 is 0 Å². The molecule has 1 atom stereocenters. The molecule has 98 valence electrons. The SMILES string of the molecule is C#CCCC(NCC)C1CCC(C(C)C)CC1. The standard InChI is InChI=1S/C16H29N/c1-5-7-8-16(17-6-2)15-11-9-14(10-12-15)13(3)4/h1,13-17H,6-12H2,2-4H3. The van der Waals surface area contributed by atoms with Crippen LogP contribution in [0.25, 0.3) is 0 Å². The third-order valence-corrected chi connectivity index (χ3v) is 4.39. The molecule has 0 amide bonds. The van der Waals surface area contributed by atoms with Crippen molar-refractivity contribution in [1.29, 1.82) is 0 Å². The van der Waals surface area contributed by atoms with Crippen LogP contribution in [0.15, 0.2) is 0 Å². The molecule has 0 bridgehead atoms. The zero-order valence-corrected chi connectivity index (χ0v) is 11.8. The lowest BCUT2D eigenvalue weighted by Crippen LogP contribution is -2.38.